The number of hydrogen-bond acceptors (Lipinski definition) is 4. The van der Waals surface area contributed by atoms with Crippen molar-refractivity contribution in [1.82, 2.24) is 9.13 Å². The van der Waals surface area contributed by atoms with Crippen molar-refractivity contribution < 1.29 is 8.83 Å². The van der Waals surface area contributed by atoms with Crippen molar-refractivity contribution in [2.24, 2.45) is 0 Å². The van der Waals surface area contributed by atoms with Crippen LogP contribution in [0.5, 0.6) is 0 Å². The van der Waals surface area contributed by atoms with E-state index >= 15 is 0 Å². The Morgan fingerprint density at radius 1 is 0.355 bits per heavy atom. The highest BCUT2D eigenvalue weighted by molar-refractivity contribution is 6.26. The molecule has 0 atom stereocenters. The van der Waals surface area contributed by atoms with E-state index in [0.29, 0.717) is 39.2 Å². The second-order valence-electron chi connectivity index (χ2n) is 15.7. The Morgan fingerprint density at radius 2 is 0.806 bits per heavy atom. The molecule has 6 heteroatoms. The second-order valence-corrected chi connectivity index (χ2v) is 15.7. The average Bonchev–Trinajstić information content (AvgIpc) is 4.09. The summed E-state index contributed by atoms with van der Waals surface area (Å²) < 4.78 is 17.7. The van der Waals surface area contributed by atoms with E-state index in [2.05, 4.69) is 75.9 Å². The van der Waals surface area contributed by atoms with Crippen LogP contribution in [0.15, 0.2) is 191 Å². The van der Waals surface area contributed by atoms with E-state index in [1.807, 2.05) is 127 Å². The van der Waals surface area contributed by atoms with Gasteiger partial charge in [0.05, 0.1) is 50.0 Å². The van der Waals surface area contributed by atoms with Crippen LogP contribution in [0.2, 0.25) is 0 Å². The summed E-state index contributed by atoms with van der Waals surface area (Å²) in [5.74, 6) is 0. The highest BCUT2D eigenvalue weighted by Gasteiger charge is 2.33. The first-order chi connectivity index (χ1) is 30.7. The average molecular weight is 791 g/mol. The first kappa shape index (κ1) is 34.1. The maximum Gasteiger partial charge on any atom is 0.160 e. The molecule has 0 amide bonds. The molecule has 0 fully saturated rings. The van der Waals surface area contributed by atoms with Crippen LogP contribution in [-0.4, -0.2) is 9.13 Å². The Morgan fingerprint density at radius 3 is 1.40 bits per heavy atom. The van der Waals surface area contributed by atoms with Crippen LogP contribution in [0.1, 0.15) is 11.1 Å². The Hall–Kier alpha value is -8.84. The Balaban J connectivity index is 1.32. The summed E-state index contributed by atoms with van der Waals surface area (Å²) in [4.78, 5) is 0. The van der Waals surface area contributed by atoms with E-state index in [4.69, 9.17) is 8.83 Å². The van der Waals surface area contributed by atoms with Gasteiger partial charge in [0.25, 0.3) is 0 Å². The predicted octanol–water partition coefficient (Wildman–Crippen LogP) is 14.8. The molecule has 9 aromatic carbocycles. The SMILES string of the molecule is N#Cc1c(-c2ccccc2)c(-n2c3ccccc3c3ccc4oc5ccccc5c4c32)c(C#N)c(-c2ccccc2)c1-n1c2ccccc2c2ccc3c4ccccc4oc3c21. The standard InChI is InChI=1S/C56H30N4O2/c57-31-42-50(34-17-5-2-6-18-34)54(60-45-24-12-8-20-36(45)39-27-28-40-37-21-9-13-25-46(37)62-56(40)55(39)60)43(32-58)49(33-15-3-1-4-16-33)53(42)59-44-23-11-7-19-35(44)38-29-30-48-51(52(38)59)41-22-10-14-26-47(41)61-48/h1-30H. The molecule has 4 heterocycles. The van der Waals surface area contributed by atoms with Gasteiger partial charge >= 0.3 is 0 Å². The van der Waals surface area contributed by atoms with Gasteiger partial charge in [0.2, 0.25) is 0 Å². The first-order valence-corrected chi connectivity index (χ1v) is 20.6. The molecule has 0 aliphatic carbocycles. The summed E-state index contributed by atoms with van der Waals surface area (Å²) in [5, 5.41) is 31.9. The molecule has 4 aromatic heterocycles. The van der Waals surface area contributed by atoms with Gasteiger partial charge in [-0.25, -0.2) is 0 Å². The summed E-state index contributed by atoms with van der Waals surface area (Å²) in [6.07, 6.45) is 0. The van der Waals surface area contributed by atoms with Crippen molar-refractivity contribution in [2.75, 3.05) is 0 Å². The van der Waals surface area contributed by atoms with Crippen LogP contribution in [0.25, 0.3) is 121 Å². The van der Waals surface area contributed by atoms with Gasteiger partial charge in [-0.05, 0) is 53.6 Å². The number of furan rings is 2. The molecule has 62 heavy (non-hydrogen) atoms. The molecule has 0 aliphatic rings. The largest absolute Gasteiger partial charge is 0.456 e. The normalized spacial score (nSPS) is 11.8. The van der Waals surface area contributed by atoms with Crippen LogP contribution in [0.3, 0.4) is 0 Å². The number of aromatic nitrogens is 2. The lowest BCUT2D eigenvalue weighted by molar-refractivity contribution is 0.669. The minimum absolute atomic E-state index is 0.426. The molecule has 0 saturated carbocycles. The maximum absolute atomic E-state index is 12.0. The highest BCUT2D eigenvalue weighted by atomic mass is 16.3. The zero-order valence-electron chi connectivity index (χ0n) is 32.9. The van der Waals surface area contributed by atoms with Crippen LogP contribution >= 0.6 is 0 Å². The van der Waals surface area contributed by atoms with E-state index in [9.17, 15) is 10.5 Å². The topological polar surface area (TPSA) is 83.7 Å². The minimum atomic E-state index is 0.426. The van der Waals surface area contributed by atoms with Gasteiger partial charge in [-0.15, -0.1) is 0 Å². The zero-order valence-corrected chi connectivity index (χ0v) is 32.9. The quantitative estimate of drug-likeness (QED) is 0.178. The Labute approximate surface area is 353 Å². The van der Waals surface area contributed by atoms with Crippen molar-refractivity contribution in [1.29, 1.82) is 10.5 Å². The first-order valence-electron chi connectivity index (χ1n) is 20.6. The number of nitriles is 2. The lowest BCUT2D eigenvalue weighted by atomic mass is 9.86. The highest BCUT2D eigenvalue weighted by Crippen LogP contribution is 2.50. The molecule has 0 saturated heterocycles. The third kappa shape index (κ3) is 4.50. The van der Waals surface area contributed by atoms with E-state index in [1.165, 1.54) is 0 Å². The van der Waals surface area contributed by atoms with Gasteiger partial charge in [0, 0.05) is 48.8 Å². The molecule has 286 valence electrons. The number of para-hydroxylation sites is 4. The van der Waals surface area contributed by atoms with E-state index < -0.39 is 0 Å². The molecule has 0 radical (unpaired) electrons. The number of hydrogen-bond donors (Lipinski definition) is 0. The lowest BCUT2D eigenvalue weighted by Gasteiger charge is -2.25. The molecule has 6 nitrogen and oxygen atoms in total. The summed E-state index contributed by atoms with van der Waals surface area (Å²) in [7, 11) is 0. The van der Waals surface area contributed by atoms with Gasteiger partial charge < -0.3 is 18.0 Å². The Bertz CT molecular complexity index is 4110. The molecule has 0 N–H and O–H groups in total. The monoisotopic (exact) mass is 790 g/mol. The van der Waals surface area contributed by atoms with Crippen molar-refractivity contribution in [3.8, 4) is 45.8 Å². The van der Waals surface area contributed by atoms with Crippen molar-refractivity contribution in [2.45, 2.75) is 0 Å². The third-order valence-corrected chi connectivity index (χ3v) is 12.6. The van der Waals surface area contributed by atoms with Crippen LogP contribution in [0, 0.1) is 22.7 Å². The predicted molar refractivity (Wildman–Crippen MR) is 250 cm³/mol. The molecular formula is C56H30N4O2. The smallest absolute Gasteiger partial charge is 0.160 e. The fraction of sp³-hybridized carbons (Fsp3) is 0. The summed E-state index contributed by atoms with van der Waals surface area (Å²) in [6, 6.07) is 66.8. The summed E-state index contributed by atoms with van der Waals surface area (Å²) in [5.41, 5.74) is 11.5. The van der Waals surface area contributed by atoms with E-state index in [-0.39, 0.29) is 0 Å². The molecule has 13 aromatic rings. The van der Waals surface area contributed by atoms with Gasteiger partial charge in [-0.1, -0.05) is 140 Å². The fourth-order valence-corrected chi connectivity index (χ4v) is 10.1. The maximum atomic E-state index is 12.0. The molecule has 0 unspecified atom stereocenters. The molecule has 0 bridgehead atoms. The lowest BCUT2D eigenvalue weighted by Crippen LogP contribution is -2.11. The number of fused-ring (bicyclic) bond motifs is 14. The van der Waals surface area contributed by atoms with Crippen LogP contribution in [0.4, 0.5) is 0 Å². The second kappa shape index (κ2) is 12.8. The van der Waals surface area contributed by atoms with Gasteiger partial charge in [0.15, 0.2) is 5.58 Å². The van der Waals surface area contributed by atoms with Gasteiger partial charge in [-0.2, -0.15) is 10.5 Å². The van der Waals surface area contributed by atoms with Crippen molar-refractivity contribution in [3.05, 3.63) is 193 Å². The zero-order chi connectivity index (χ0) is 41.1. The van der Waals surface area contributed by atoms with Crippen LogP contribution < -0.4 is 0 Å². The molecule has 0 spiro atoms. The van der Waals surface area contributed by atoms with Gasteiger partial charge in [-0.3, -0.25) is 0 Å². The minimum Gasteiger partial charge on any atom is -0.456 e. The fourth-order valence-electron chi connectivity index (χ4n) is 10.1. The molecular weight excluding hydrogens is 761 g/mol. The summed E-state index contributed by atoms with van der Waals surface area (Å²) in [6.45, 7) is 0. The van der Waals surface area contributed by atoms with Crippen molar-refractivity contribution in [3.63, 3.8) is 0 Å². The summed E-state index contributed by atoms with van der Waals surface area (Å²) >= 11 is 0. The Kier molecular flexibility index (Phi) is 7.05. The third-order valence-electron chi connectivity index (χ3n) is 12.6. The van der Waals surface area contributed by atoms with Crippen LogP contribution in [-0.2, 0) is 0 Å². The van der Waals surface area contributed by atoms with E-state index in [0.717, 1.165) is 93.0 Å². The number of nitrogens with zero attached hydrogens (tertiary/aromatic N) is 4. The van der Waals surface area contributed by atoms with E-state index in [1.54, 1.807) is 0 Å². The molecule has 13 rings (SSSR count). The number of rotatable bonds is 4. The molecule has 0 aliphatic heterocycles. The van der Waals surface area contributed by atoms with Gasteiger partial charge in [0.1, 0.15) is 28.9 Å². The van der Waals surface area contributed by atoms with Crippen molar-refractivity contribution >= 4 is 87.5 Å². The number of benzene rings is 9.